The highest BCUT2D eigenvalue weighted by molar-refractivity contribution is 9.10. The molecule has 0 unspecified atom stereocenters. The Morgan fingerprint density at radius 1 is 1.10 bits per heavy atom. The second-order valence-electron chi connectivity index (χ2n) is 6.02. The van der Waals surface area contributed by atoms with Crippen LogP contribution >= 0.6 is 31.9 Å². The van der Waals surface area contributed by atoms with Crippen molar-refractivity contribution in [3.05, 3.63) is 63.0 Å². The van der Waals surface area contributed by atoms with Gasteiger partial charge in [-0.2, -0.15) is 5.10 Å². The number of benzene rings is 3. The molecule has 0 bridgehead atoms. The molecule has 0 heterocycles. The normalized spacial score (nSPS) is 11.0. The number of nitrogens with one attached hydrogen (secondary N) is 1. The van der Waals surface area contributed by atoms with Crippen molar-refractivity contribution in [1.82, 2.24) is 5.43 Å². The molecule has 0 saturated carbocycles. The smallest absolute Gasteiger partial charge is 0.277 e. The first-order chi connectivity index (χ1) is 14.0. The fraction of sp³-hybridized carbons (Fsp3) is 0.143. The van der Waals surface area contributed by atoms with Crippen molar-refractivity contribution in [1.29, 1.82) is 0 Å². The molecular formula is C21H18Br2N2O4. The lowest BCUT2D eigenvalue weighted by molar-refractivity contribution is -0.123. The summed E-state index contributed by atoms with van der Waals surface area (Å²) >= 11 is 6.70. The lowest BCUT2D eigenvalue weighted by Gasteiger charge is -2.08. The summed E-state index contributed by atoms with van der Waals surface area (Å²) in [5, 5.41) is 15.9. The third-order valence-electron chi connectivity index (χ3n) is 3.90. The molecule has 1 amide bonds. The quantitative estimate of drug-likeness (QED) is 0.339. The molecule has 0 aromatic heterocycles. The number of fused-ring (bicyclic) bond motifs is 1. The number of phenolic OH excluding ortho intramolecular Hbond substituents is 1. The number of carbonyl (C=O) groups is 1. The van der Waals surface area contributed by atoms with Crippen molar-refractivity contribution in [2.75, 3.05) is 13.2 Å². The summed E-state index contributed by atoms with van der Waals surface area (Å²) in [5.41, 5.74) is 3.07. The number of nitrogens with zero attached hydrogens (tertiary/aromatic N) is 1. The van der Waals surface area contributed by atoms with Crippen LogP contribution in [-0.4, -0.2) is 30.4 Å². The SMILES string of the molecule is CCOc1cc(C=NNC(=O)COc2ccc3cc(Br)ccc3c2)cc(Br)c1O. The fourth-order valence-corrected chi connectivity index (χ4v) is 3.42. The van der Waals surface area contributed by atoms with E-state index in [-0.39, 0.29) is 18.3 Å². The summed E-state index contributed by atoms with van der Waals surface area (Å²) in [7, 11) is 0. The maximum absolute atomic E-state index is 12.0. The highest BCUT2D eigenvalue weighted by Gasteiger charge is 2.08. The molecule has 29 heavy (non-hydrogen) atoms. The second-order valence-corrected chi connectivity index (χ2v) is 7.79. The van der Waals surface area contributed by atoms with Gasteiger partial charge in [0.1, 0.15) is 5.75 Å². The minimum Gasteiger partial charge on any atom is -0.503 e. The Balaban J connectivity index is 1.57. The van der Waals surface area contributed by atoms with Gasteiger partial charge >= 0.3 is 0 Å². The van der Waals surface area contributed by atoms with Crippen LogP contribution in [0.1, 0.15) is 12.5 Å². The van der Waals surface area contributed by atoms with Crippen LogP contribution in [0, 0.1) is 0 Å². The van der Waals surface area contributed by atoms with E-state index in [2.05, 4.69) is 42.4 Å². The van der Waals surface area contributed by atoms with Gasteiger partial charge in [-0.15, -0.1) is 0 Å². The molecule has 3 aromatic carbocycles. The van der Waals surface area contributed by atoms with E-state index in [4.69, 9.17) is 9.47 Å². The molecule has 0 atom stereocenters. The van der Waals surface area contributed by atoms with Crippen LogP contribution < -0.4 is 14.9 Å². The zero-order valence-electron chi connectivity index (χ0n) is 15.5. The Morgan fingerprint density at radius 3 is 2.66 bits per heavy atom. The topological polar surface area (TPSA) is 80.2 Å². The third-order valence-corrected chi connectivity index (χ3v) is 4.99. The summed E-state index contributed by atoms with van der Waals surface area (Å²) < 4.78 is 12.4. The van der Waals surface area contributed by atoms with Crippen LogP contribution in [0.2, 0.25) is 0 Å². The number of halogens is 2. The van der Waals surface area contributed by atoms with E-state index in [1.807, 2.05) is 43.3 Å². The van der Waals surface area contributed by atoms with E-state index in [0.29, 0.717) is 28.1 Å². The maximum Gasteiger partial charge on any atom is 0.277 e. The average Bonchev–Trinajstić information content (AvgIpc) is 2.70. The third kappa shape index (κ3) is 5.71. The van der Waals surface area contributed by atoms with Crippen LogP contribution in [0.3, 0.4) is 0 Å². The molecule has 0 radical (unpaired) electrons. The standard InChI is InChI=1S/C21H18Br2N2O4/c1-2-28-19-8-13(7-18(23)21(19)27)11-24-25-20(26)12-29-17-6-4-14-9-16(22)5-3-15(14)10-17/h3-11,27H,2,12H2,1H3,(H,25,26). The van der Waals surface area contributed by atoms with Crippen LogP contribution in [0.25, 0.3) is 10.8 Å². The first kappa shape index (κ1) is 21.1. The van der Waals surface area contributed by atoms with Gasteiger partial charge in [-0.3, -0.25) is 4.79 Å². The largest absolute Gasteiger partial charge is 0.503 e. The molecular weight excluding hydrogens is 504 g/mol. The fourth-order valence-electron chi connectivity index (χ4n) is 2.58. The Morgan fingerprint density at radius 2 is 1.86 bits per heavy atom. The van der Waals surface area contributed by atoms with Gasteiger partial charge in [-0.05, 0) is 75.6 Å². The number of carbonyl (C=O) groups excluding carboxylic acids is 1. The van der Waals surface area contributed by atoms with Crippen LogP contribution in [0.5, 0.6) is 17.2 Å². The number of rotatable bonds is 7. The summed E-state index contributed by atoms with van der Waals surface area (Å²) in [5.74, 6) is 0.563. The zero-order valence-corrected chi connectivity index (χ0v) is 18.7. The molecule has 0 saturated heterocycles. The van der Waals surface area contributed by atoms with E-state index >= 15 is 0 Å². The molecule has 0 spiro atoms. The van der Waals surface area contributed by atoms with Crippen molar-refractivity contribution in [3.8, 4) is 17.2 Å². The van der Waals surface area contributed by atoms with Crippen molar-refractivity contribution < 1.29 is 19.4 Å². The molecule has 3 rings (SSSR count). The van der Waals surface area contributed by atoms with Gasteiger partial charge in [-0.1, -0.05) is 28.1 Å². The van der Waals surface area contributed by atoms with E-state index < -0.39 is 0 Å². The number of hydrogen-bond acceptors (Lipinski definition) is 5. The molecule has 6 nitrogen and oxygen atoms in total. The Hall–Kier alpha value is -2.58. The molecule has 0 aliphatic rings. The summed E-state index contributed by atoms with van der Waals surface area (Å²) in [6.07, 6.45) is 1.46. The average molecular weight is 522 g/mol. The van der Waals surface area contributed by atoms with E-state index in [1.165, 1.54) is 6.21 Å². The lowest BCUT2D eigenvalue weighted by Crippen LogP contribution is -2.24. The number of aromatic hydroxyl groups is 1. The molecule has 0 aliphatic heterocycles. The van der Waals surface area contributed by atoms with Gasteiger partial charge in [0.25, 0.3) is 5.91 Å². The highest BCUT2D eigenvalue weighted by atomic mass is 79.9. The number of hydrazone groups is 1. The van der Waals surface area contributed by atoms with Gasteiger partial charge in [0.15, 0.2) is 18.1 Å². The van der Waals surface area contributed by atoms with Gasteiger partial charge in [0.2, 0.25) is 0 Å². The van der Waals surface area contributed by atoms with Gasteiger partial charge < -0.3 is 14.6 Å². The molecule has 150 valence electrons. The molecule has 0 fully saturated rings. The van der Waals surface area contributed by atoms with E-state index in [1.54, 1.807) is 12.1 Å². The first-order valence-electron chi connectivity index (χ1n) is 8.75. The van der Waals surface area contributed by atoms with Crippen LogP contribution in [-0.2, 0) is 4.79 Å². The summed E-state index contributed by atoms with van der Waals surface area (Å²) in [6, 6.07) is 14.9. The van der Waals surface area contributed by atoms with Crippen LogP contribution in [0.4, 0.5) is 0 Å². The lowest BCUT2D eigenvalue weighted by atomic mass is 10.1. The number of phenols is 1. The first-order valence-corrected chi connectivity index (χ1v) is 10.3. The number of ether oxygens (including phenoxy) is 2. The molecule has 3 aromatic rings. The molecule has 0 aliphatic carbocycles. The molecule has 8 heteroatoms. The number of amides is 1. The predicted octanol–water partition coefficient (Wildman–Crippen LogP) is 5.00. The summed E-state index contributed by atoms with van der Waals surface area (Å²) in [6.45, 7) is 2.08. The Bertz CT molecular complexity index is 1070. The monoisotopic (exact) mass is 520 g/mol. The summed E-state index contributed by atoms with van der Waals surface area (Å²) in [4.78, 5) is 12.0. The van der Waals surface area contributed by atoms with Crippen molar-refractivity contribution >= 4 is 54.8 Å². The van der Waals surface area contributed by atoms with Gasteiger partial charge in [0.05, 0.1) is 17.3 Å². The van der Waals surface area contributed by atoms with Crippen molar-refractivity contribution in [2.24, 2.45) is 5.10 Å². The highest BCUT2D eigenvalue weighted by Crippen LogP contribution is 2.35. The minimum absolute atomic E-state index is 0.0178. The number of hydrogen-bond donors (Lipinski definition) is 2. The Kier molecular flexibility index (Phi) is 7.11. The van der Waals surface area contributed by atoms with Gasteiger partial charge in [0, 0.05) is 4.47 Å². The van der Waals surface area contributed by atoms with Gasteiger partial charge in [-0.25, -0.2) is 5.43 Å². The van der Waals surface area contributed by atoms with E-state index in [0.717, 1.165) is 15.2 Å². The predicted molar refractivity (Wildman–Crippen MR) is 120 cm³/mol. The second kappa shape index (κ2) is 9.76. The Labute approximate surface area is 184 Å². The van der Waals surface area contributed by atoms with Crippen LogP contribution in [0.15, 0.2) is 62.6 Å². The molecule has 2 N–H and O–H groups in total. The maximum atomic E-state index is 12.0. The zero-order chi connectivity index (χ0) is 20.8. The minimum atomic E-state index is -0.389. The van der Waals surface area contributed by atoms with Crippen molar-refractivity contribution in [2.45, 2.75) is 6.92 Å². The van der Waals surface area contributed by atoms with E-state index in [9.17, 15) is 9.90 Å². The van der Waals surface area contributed by atoms with Crippen molar-refractivity contribution in [3.63, 3.8) is 0 Å².